The minimum absolute atomic E-state index is 0.00930. The maximum Gasteiger partial charge on any atom is 0.416 e. The number of rotatable bonds is 11. The zero-order valence-electron chi connectivity index (χ0n) is 46.0. The molecule has 0 spiro atoms. The van der Waals surface area contributed by atoms with Crippen LogP contribution in [0.5, 0.6) is 0 Å². The lowest BCUT2D eigenvalue weighted by Crippen LogP contribution is -2.19. The number of carbonyl (C=O) groups excluding carboxylic acids is 1. The summed E-state index contributed by atoms with van der Waals surface area (Å²) in [6.45, 7) is 9.55. The molecule has 87 heavy (non-hydrogen) atoms. The van der Waals surface area contributed by atoms with Gasteiger partial charge < -0.3 is 27.0 Å². The zero-order valence-corrected chi connectivity index (χ0v) is 53.9. The number of nitrogens with two attached hydrogens (primary N) is 2. The summed E-state index contributed by atoms with van der Waals surface area (Å²) in [7, 11) is -6.26. The number of hydrogen-bond acceptors (Lipinski definition) is 11. The lowest BCUT2D eigenvalue weighted by atomic mass is 10.1. The molecule has 0 bridgehead atoms. The molecule has 0 heterocycles. The highest BCUT2D eigenvalue weighted by Gasteiger charge is 2.31. The van der Waals surface area contributed by atoms with Gasteiger partial charge in [0.1, 0.15) is 0 Å². The number of benzene rings is 8. The van der Waals surface area contributed by atoms with Gasteiger partial charge in [-0.1, -0.05) is 115 Å². The summed E-state index contributed by atoms with van der Waals surface area (Å²) < 4.78 is 152. The number of alkyl halides is 6. The van der Waals surface area contributed by atoms with E-state index in [9.17, 15) is 66.0 Å². The number of halogens is 10. The van der Waals surface area contributed by atoms with Crippen molar-refractivity contribution in [3.05, 3.63) is 234 Å². The molecule has 0 aliphatic carbocycles. The summed E-state index contributed by atoms with van der Waals surface area (Å²) in [5, 5.41) is 20.2. The Morgan fingerprint density at radius 3 is 1.13 bits per heavy atom. The highest BCUT2D eigenvalue weighted by atomic mass is 79.9. The van der Waals surface area contributed by atoms with Crippen molar-refractivity contribution in [2.75, 3.05) is 26.2 Å². The molecule has 0 unspecified atom stereocenters. The van der Waals surface area contributed by atoms with Crippen LogP contribution in [0.2, 0.25) is 0 Å². The normalized spacial score (nSPS) is 11.1. The van der Waals surface area contributed by atoms with Gasteiger partial charge in [0.15, 0.2) is 0 Å². The number of sulfonamides is 2. The van der Waals surface area contributed by atoms with Crippen LogP contribution in [0, 0.1) is 20.8 Å². The monoisotopic (exact) mass is 1480 g/mol. The standard InChI is InChI=1S/C21H16BrF3N2O3S.C14H12BrNO4S.C7H6BrNO2.C7H7ClO2S.C7H6F3N.C2H6/c1-13-2-9-17(10-3-13)31(29,30)27-19-11-6-15(22)12-18(19)20(28)26-16-7-4-14(5-8-16)21(23,24)25;1-9-2-5-11(6-3-9)21(19,20)16-13-7-4-10(15)8-12(13)14(17)18;8-4-1-2-6(9)5(3-4)7(10)11;1-6-2-4-7(5-3-6)11(8,9)10;8-7(9,10)5-1-3-6(11)4-2-5;1-2/h2-12,27H,1H3,(H,26,28);2-8,16H,1H3,(H,17,18);1-3H,9H2,(H,10,11);2-5H,1H3;1-4H,11H2;1-2H3. The van der Waals surface area contributed by atoms with E-state index in [4.69, 9.17) is 32.4 Å². The van der Waals surface area contributed by atoms with E-state index >= 15 is 0 Å². The maximum absolute atomic E-state index is 12.7. The van der Waals surface area contributed by atoms with E-state index in [-0.39, 0.29) is 54.1 Å². The van der Waals surface area contributed by atoms with Crippen LogP contribution in [0.1, 0.15) is 72.7 Å². The molecule has 0 atom stereocenters. The van der Waals surface area contributed by atoms with Crippen molar-refractivity contribution in [2.24, 2.45) is 0 Å². The molecule has 0 aliphatic rings. The van der Waals surface area contributed by atoms with Crippen LogP contribution >= 0.6 is 58.5 Å². The van der Waals surface area contributed by atoms with Gasteiger partial charge in [0, 0.05) is 41.2 Å². The second-order valence-electron chi connectivity index (χ2n) is 17.5. The van der Waals surface area contributed by atoms with Gasteiger partial charge in [0.2, 0.25) is 0 Å². The van der Waals surface area contributed by atoms with Crippen LogP contribution < -0.4 is 26.2 Å². The van der Waals surface area contributed by atoms with Gasteiger partial charge in [-0.05, 0) is 160 Å². The van der Waals surface area contributed by atoms with Crippen LogP contribution in [-0.4, -0.2) is 53.3 Å². The fourth-order valence-electron chi connectivity index (χ4n) is 6.45. The molecule has 0 saturated carbocycles. The van der Waals surface area contributed by atoms with E-state index in [1.807, 2.05) is 34.6 Å². The van der Waals surface area contributed by atoms with Crippen molar-refractivity contribution in [3.63, 3.8) is 0 Å². The van der Waals surface area contributed by atoms with E-state index in [0.29, 0.717) is 19.1 Å². The number of anilines is 5. The average molecular weight is 1480 g/mol. The number of carboxylic acids is 2. The lowest BCUT2D eigenvalue weighted by Gasteiger charge is -2.14. The minimum atomic E-state index is -4.49. The Morgan fingerprint density at radius 1 is 0.460 bits per heavy atom. The van der Waals surface area contributed by atoms with Gasteiger partial charge in [-0.3, -0.25) is 14.2 Å². The van der Waals surface area contributed by atoms with E-state index in [1.165, 1.54) is 78.9 Å². The zero-order chi connectivity index (χ0) is 65.8. The van der Waals surface area contributed by atoms with Crippen molar-refractivity contribution < 1.29 is 76.2 Å². The summed E-state index contributed by atoms with van der Waals surface area (Å²) in [4.78, 5) is 34.6. The van der Waals surface area contributed by atoms with Gasteiger partial charge >= 0.3 is 24.3 Å². The van der Waals surface area contributed by atoms with Gasteiger partial charge in [0.05, 0.1) is 53.9 Å². The molecule has 0 radical (unpaired) electrons. The molecule has 0 fully saturated rings. The Labute approximate surface area is 527 Å². The van der Waals surface area contributed by atoms with Crippen molar-refractivity contribution in [1.29, 1.82) is 0 Å². The highest BCUT2D eigenvalue weighted by Crippen LogP contribution is 2.32. The molecule has 1 amide bonds. The molecule has 8 aromatic rings. The van der Waals surface area contributed by atoms with Crippen LogP contribution in [0.15, 0.2) is 204 Å². The molecular weight excluding hydrogens is 1430 g/mol. The first-order chi connectivity index (χ1) is 40.4. The molecule has 16 nitrogen and oxygen atoms in total. The molecule has 0 aromatic heterocycles. The first-order valence-electron chi connectivity index (χ1n) is 24.6. The average Bonchev–Trinajstić information content (AvgIpc) is 1.53. The second-order valence-corrected chi connectivity index (χ2v) is 26.1. The SMILES string of the molecule is CC.Cc1ccc(S(=O)(=O)Cl)cc1.Cc1ccc(S(=O)(=O)Nc2ccc(Br)cc2C(=O)Nc2ccc(C(F)(F)F)cc2)cc1.Cc1ccc(S(=O)(=O)Nc2ccc(Br)cc2C(=O)O)cc1.Nc1ccc(Br)cc1C(=O)O.Nc1ccc(C(F)(F)F)cc1. The third kappa shape index (κ3) is 24.3. The number of nitrogen functional groups attached to an aromatic ring is 2. The largest absolute Gasteiger partial charge is 0.478 e. The topological polar surface area (TPSA) is 282 Å². The summed E-state index contributed by atoms with van der Waals surface area (Å²) >= 11 is 9.53. The molecule has 0 aliphatic heterocycles. The molecule has 8 aromatic carbocycles. The molecule has 0 saturated heterocycles. The fraction of sp³-hybridized carbons (Fsp3) is 0.121. The van der Waals surface area contributed by atoms with Crippen LogP contribution in [0.25, 0.3) is 0 Å². The van der Waals surface area contributed by atoms with Gasteiger partial charge in [0.25, 0.3) is 35.0 Å². The van der Waals surface area contributed by atoms with Gasteiger partial charge in [-0.15, -0.1) is 0 Å². The Morgan fingerprint density at radius 2 is 0.782 bits per heavy atom. The molecule has 9 N–H and O–H groups in total. The maximum atomic E-state index is 12.7. The quantitative estimate of drug-likeness (QED) is 0.0361. The van der Waals surface area contributed by atoms with Crippen molar-refractivity contribution >= 4 is 134 Å². The van der Waals surface area contributed by atoms with E-state index in [2.05, 4.69) is 62.6 Å². The lowest BCUT2D eigenvalue weighted by molar-refractivity contribution is -0.138. The highest BCUT2D eigenvalue weighted by molar-refractivity contribution is 9.11. The number of aromatic carboxylic acids is 2. The number of carboxylic acid groups (broad SMARTS) is 2. The fourth-order valence-corrected chi connectivity index (χ4v) is 10.5. The summed E-state index contributed by atoms with van der Waals surface area (Å²) in [5.74, 6) is -2.91. The first-order valence-corrected chi connectivity index (χ1v) is 32.2. The Bertz CT molecular complexity index is 4010. The van der Waals surface area contributed by atoms with Gasteiger partial charge in [-0.25, -0.2) is 34.8 Å². The third-order valence-corrected chi connectivity index (χ3v) is 16.5. The summed E-state index contributed by atoms with van der Waals surface area (Å²) in [6.07, 6.45) is -8.76. The van der Waals surface area contributed by atoms with E-state index in [0.717, 1.165) is 53.1 Å². The number of amides is 1. The van der Waals surface area contributed by atoms with Crippen LogP contribution in [0.4, 0.5) is 54.8 Å². The molecule has 29 heteroatoms. The molecule has 464 valence electrons. The predicted molar refractivity (Wildman–Crippen MR) is 336 cm³/mol. The van der Waals surface area contributed by atoms with E-state index < -0.39 is 70.4 Å². The number of carbonyl (C=O) groups is 3. The molecular formula is C58H53Br3ClF6N5O11S3. The third-order valence-electron chi connectivity index (χ3n) is 10.8. The van der Waals surface area contributed by atoms with E-state index in [1.54, 1.807) is 60.7 Å². The van der Waals surface area contributed by atoms with Crippen LogP contribution in [-0.2, 0) is 41.5 Å². The van der Waals surface area contributed by atoms with Crippen LogP contribution in [0.3, 0.4) is 0 Å². The smallest absolute Gasteiger partial charge is 0.416 e. The Kier molecular flexibility index (Phi) is 27.6. The van der Waals surface area contributed by atoms with Gasteiger partial charge in [-0.2, -0.15) is 26.3 Å². The second kappa shape index (κ2) is 32.5. The summed E-state index contributed by atoms with van der Waals surface area (Å²) in [6, 6.07) is 40.5. The minimum Gasteiger partial charge on any atom is -0.478 e. The summed E-state index contributed by atoms with van der Waals surface area (Å²) in [5.41, 5.74) is 12.7. The van der Waals surface area contributed by atoms with Crippen molar-refractivity contribution in [3.8, 4) is 0 Å². The van der Waals surface area contributed by atoms with Crippen molar-refractivity contribution in [1.82, 2.24) is 0 Å². The van der Waals surface area contributed by atoms with Crippen molar-refractivity contribution in [2.45, 2.75) is 61.7 Å². The number of nitrogens with one attached hydrogen (secondary N) is 3. The first kappa shape index (κ1) is 73.8. The molecule has 8 rings (SSSR count). The number of hydrogen-bond donors (Lipinski definition) is 7. The Hall–Kier alpha value is -7.47. The Balaban J connectivity index is 0.000000305. The number of aryl methyl sites for hydroxylation is 3. The predicted octanol–water partition coefficient (Wildman–Crippen LogP) is 16.1.